The maximum absolute atomic E-state index is 12.1. The smallest absolute Gasteiger partial charge is 0.258 e. The third-order valence-electron chi connectivity index (χ3n) is 6.18. The lowest BCUT2D eigenvalue weighted by atomic mass is 10.1. The van der Waals surface area contributed by atoms with E-state index in [0.29, 0.717) is 20.1 Å². The van der Waals surface area contributed by atoms with Gasteiger partial charge in [0.1, 0.15) is 11.4 Å². The highest BCUT2D eigenvalue weighted by atomic mass is 79.9. The Morgan fingerprint density at radius 1 is 0.500 bits per heavy atom. The zero-order valence-corrected chi connectivity index (χ0v) is 24.9. The predicted octanol–water partition coefficient (Wildman–Crippen LogP) is 6.89. The molecule has 1 heterocycles. The first-order valence-corrected chi connectivity index (χ1v) is 13.7. The number of non-ortho nitro benzene ring substituents is 2. The molecule has 1 aliphatic rings. The quantitative estimate of drug-likeness (QED) is 0.136. The van der Waals surface area contributed by atoms with Crippen molar-refractivity contribution in [2.75, 3.05) is 10.0 Å². The van der Waals surface area contributed by atoms with E-state index in [-0.39, 0.29) is 23.0 Å². The second-order valence-corrected chi connectivity index (χ2v) is 10.7. The molecule has 0 aliphatic carbocycles. The summed E-state index contributed by atoms with van der Waals surface area (Å²) in [4.78, 5) is 43.9. The number of anilines is 2. The lowest BCUT2D eigenvalue weighted by Crippen LogP contribution is -2.41. The van der Waals surface area contributed by atoms with Gasteiger partial charge in [0, 0.05) is 32.2 Å². The molecule has 0 unspecified atom stereocenters. The lowest BCUT2D eigenvalue weighted by Gasteiger charge is -2.32. The molecule has 0 saturated heterocycles. The Bertz CT molecular complexity index is 1780. The normalized spacial score (nSPS) is 12.8. The first-order valence-electron chi connectivity index (χ1n) is 12.1. The van der Waals surface area contributed by atoms with Crippen LogP contribution in [0.4, 0.5) is 34.1 Å². The van der Waals surface area contributed by atoms with E-state index in [0.717, 1.165) is 46.4 Å². The van der Waals surface area contributed by atoms with Crippen LogP contribution in [0.3, 0.4) is 0 Å². The van der Waals surface area contributed by atoms with Crippen LogP contribution in [0, 0.1) is 40.5 Å². The number of amidine groups is 2. The fraction of sp³-hybridized carbons (Fsp3) is 0. The maximum Gasteiger partial charge on any atom is 0.301 e. The van der Waals surface area contributed by atoms with Crippen LogP contribution >= 0.6 is 31.9 Å². The van der Waals surface area contributed by atoms with Gasteiger partial charge < -0.3 is 0 Å². The molecule has 220 valence electrons. The van der Waals surface area contributed by atoms with Crippen LogP contribution in [0.5, 0.6) is 0 Å². The van der Waals surface area contributed by atoms with E-state index in [1.54, 1.807) is 48.5 Å². The molecule has 0 spiro atoms. The van der Waals surface area contributed by atoms with Crippen LogP contribution in [0.25, 0.3) is 0 Å². The average molecular weight is 726 g/mol. The van der Waals surface area contributed by atoms with Crippen LogP contribution in [0.2, 0.25) is 0 Å². The van der Waals surface area contributed by atoms with Gasteiger partial charge in [-0.3, -0.25) is 40.5 Å². The number of hydrogen-bond acceptors (Lipinski definition) is 12. The van der Waals surface area contributed by atoms with E-state index >= 15 is 0 Å². The second-order valence-electron chi connectivity index (χ2n) is 8.86. The summed E-state index contributed by atoms with van der Waals surface area (Å²) < 4.78 is 1.37. The molecule has 0 amide bonds. The van der Waals surface area contributed by atoms with Crippen molar-refractivity contribution in [3.05, 3.63) is 145 Å². The van der Waals surface area contributed by atoms with E-state index < -0.39 is 42.4 Å². The minimum atomic E-state index is -0.802. The number of hydrogen-bond donors (Lipinski definition) is 0. The van der Waals surface area contributed by atoms with Gasteiger partial charge in [-0.05, 0) is 36.4 Å². The molecule has 0 N–H and O–H groups in total. The van der Waals surface area contributed by atoms with Gasteiger partial charge in [0.05, 0.1) is 31.8 Å². The van der Waals surface area contributed by atoms with Crippen LogP contribution < -0.4 is 10.0 Å². The van der Waals surface area contributed by atoms with Crippen molar-refractivity contribution in [3.63, 3.8) is 0 Å². The molecule has 0 atom stereocenters. The van der Waals surface area contributed by atoms with Gasteiger partial charge >= 0.3 is 11.4 Å². The molecule has 0 fully saturated rings. The molecule has 4 aromatic carbocycles. The minimum Gasteiger partial charge on any atom is -0.258 e. The molecular weight excluding hydrogens is 712 g/mol. The zero-order valence-electron chi connectivity index (χ0n) is 21.7. The van der Waals surface area contributed by atoms with Gasteiger partial charge in [-0.25, -0.2) is 10.0 Å². The SMILES string of the molecule is O=[N+]([O-])c1ccc(N2N=C(c3ccc(Br)cc3)N(c3ccc([N+](=O)[O-])cc3[N+](=O)[O-])N=C2c2ccc(Br)cc2)c([N+](=O)[O-])c1. The van der Waals surface area contributed by atoms with E-state index in [1.165, 1.54) is 0 Å². The van der Waals surface area contributed by atoms with Gasteiger partial charge in [-0.15, -0.1) is 10.2 Å². The Morgan fingerprint density at radius 2 is 0.841 bits per heavy atom. The van der Waals surface area contributed by atoms with Crippen molar-refractivity contribution in [1.29, 1.82) is 0 Å². The van der Waals surface area contributed by atoms with Crippen molar-refractivity contribution >= 4 is 77.7 Å². The molecule has 4 aromatic rings. The van der Waals surface area contributed by atoms with Gasteiger partial charge in [0.15, 0.2) is 11.7 Å². The Kier molecular flexibility index (Phi) is 8.10. The highest BCUT2D eigenvalue weighted by molar-refractivity contribution is 9.10. The summed E-state index contributed by atoms with van der Waals surface area (Å²) in [6.45, 7) is 0. The first-order chi connectivity index (χ1) is 20.9. The third kappa shape index (κ3) is 5.83. The summed E-state index contributed by atoms with van der Waals surface area (Å²) in [6, 6.07) is 19.1. The largest absolute Gasteiger partial charge is 0.301 e. The zero-order chi connectivity index (χ0) is 31.7. The highest BCUT2D eigenvalue weighted by Crippen LogP contribution is 2.39. The summed E-state index contributed by atoms with van der Waals surface area (Å²) >= 11 is 6.68. The first kappa shape index (κ1) is 29.9. The molecule has 0 radical (unpaired) electrons. The van der Waals surface area contributed by atoms with Crippen molar-refractivity contribution in [2.45, 2.75) is 0 Å². The molecule has 16 nitrogen and oxygen atoms in total. The van der Waals surface area contributed by atoms with Crippen LogP contribution in [-0.4, -0.2) is 31.4 Å². The molecule has 0 saturated carbocycles. The average Bonchev–Trinajstić information content (AvgIpc) is 3.00. The Balaban J connectivity index is 1.83. The van der Waals surface area contributed by atoms with Crippen molar-refractivity contribution in [3.8, 4) is 0 Å². The van der Waals surface area contributed by atoms with Crippen molar-refractivity contribution in [1.82, 2.24) is 0 Å². The minimum absolute atomic E-state index is 0.0528. The third-order valence-corrected chi connectivity index (χ3v) is 7.24. The standard InChI is InChI=1S/C26H14Br2N8O8/c27-17-5-1-15(2-6-17)25-29-32(22-12-10-20(34(39)40)14-24(22)36(43)44)26(16-3-7-18(28)8-4-16)30-31(25)21-11-9-19(33(37)38)13-23(21)35(41)42/h1-14H. The topological polar surface area (TPSA) is 204 Å². The van der Waals surface area contributed by atoms with Gasteiger partial charge in [-0.1, -0.05) is 56.1 Å². The monoisotopic (exact) mass is 724 g/mol. The number of nitro groups is 4. The molecule has 1 aliphatic heterocycles. The fourth-order valence-corrected chi connectivity index (χ4v) is 4.69. The van der Waals surface area contributed by atoms with Crippen LogP contribution in [0.15, 0.2) is 104 Å². The summed E-state index contributed by atoms with van der Waals surface area (Å²) in [7, 11) is 0. The number of rotatable bonds is 8. The maximum atomic E-state index is 12.1. The molecule has 44 heavy (non-hydrogen) atoms. The van der Waals surface area contributed by atoms with E-state index in [1.807, 2.05) is 0 Å². The Labute approximate surface area is 262 Å². The second kappa shape index (κ2) is 11.9. The Hall–Kier alpha value is -5.62. The van der Waals surface area contributed by atoms with E-state index in [9.17, 15) is 40.5 Å². The molecular formula is C26H14Br2N8O8. The lowest BCUT2D eigenvalue weighted by molar-refractivity contribution is -0.394. The number of nitrogens with zero attached hydrogens (tertiary/aromatic N) is 8. The number of hydrazone groups is 2. The molecule has 5 rings (SSSR count). The summed E-state index contributed by atoms with van der Waals surface area (Å²) in [5.74, 6) is -0.106. The van der Waals surface area contributed by atoms with Gasteiger partial charge in [-0.2, -0.15) is 0 Å². The molecule has 0 aromatic heterocycles. The van der Waals surface area contributed by atoms with Crippen LogP contribution in [-0.2, 0) is 0 Å². The summed E-state index contributed by atoms with van der Waals surface area (Å²) in [6.07, 6.45) is 0. The summed E-state index contributed by atoms with van der Waals surface area (Å²) in [5.41, 5.74) is -2.03. The summed E-state index contributed by atoms with van der Waals surface area (Å²) in [5, 5.41) is 58.6. The van der Waals surface area contributed by atoms with Gasteiger partial charge in [0.2, 0.25) is 0 Å². The predicted molar refractivity (Wildman–Crippen MR) is 166 cm³/mol. The van der Waals surface area contributed by atoms with E-state index in [4.69, 9.17) is 0 Å². The van der Waals surface area contributed by atoms with Gasteiger partial charge in [0.25, 0.3) is 11.4 Å². The molecule has 18 heteroatoms. The fourth-order valence-electron chi connectivity index (χ4n) is 4.16. The van der Waals surface area contributed by atoms with Crippen molar-refractivity contribution in [2.24, 2.45) is 10.2 Å². The van der Waals surface area contributed by atoms with E-state index in [2.05, 4.69) is 42.1 Å². The van der Waals surface area contributed by atoms with Crippen molar-refractivity contribution < 1.29 is 19.7 Å². The number of nitro benzene ring substituents is 4. The Morgan fingerprint density at radius 3 is 1.14 bits per heavy atom. The highest BCUT2D eigenvalue weighted by Gasteiger charge is 2.35. The van der Waals surface area contributed by atoms with Crippen LogP contribution in [0.1, 0.15) is 11.1 Å². The molecule has 0 bridgehead atoms. The number of benzene rings is 4. The number of halogens is 2.